The molecule has 0 N–H and O–H groups in total. The van der Waals surface area contributed by atoms with Crippen molar-refractivity contribution < 1.29 is 27.8 Å². The molecule has 8 heteroatoms. The van der Waals surface area contributed by atoms with Gasteiger partial charge in [-0.25, -0.2) is 18.6 Å². The van der Waals surface area contributed by atoms with E-state index < -0.39 is 29.2 Å². The molecule has 2 aromatic rings. The van der Waals surface area contributed by atoms with Crippen molar-refractivity contribution >= 4 is 12.3 Å². The van der Waals surface area contributed by atoms with Crippen LogP contribution in [-0.2, 0) is 4.74 Å². The quantitative estimate of drug-likeness (QED) is 0.617. The highest BCUT2D eigenvalue weighted by atomic mass is 19.1. The van der Waals surface area contributed by atoms with Crippen molar-refractivity contribution in [3.8, 4) is 17.7 Å². The van der Waals surface area contributed by atoms with Crippen LogP contribution in [-0.4, -0.2) is 23.8 Å². The van der Waals surface area contributed by atoms with Crippen LogP contribution in [0.1, 0.15) is 33.2 Å². The van der Waals surface area contributed by atoms with Gasteiger partial charge in [-0.3, -0.25) is 4.79 Å². The van der Waals surface area contributed by atoms with Gasteiger partial charge < -0.3 is 9.47 Å². The van der Waals surface area contributed by atoms with Gasteiger partial charge in [0.15, 0.2) is 17.9 Å². The molecule has 122 valence electrons. The zero-order valence-corrected chi connectivity index (χ0v) is 12.4. The highest BCUT2D eigenvalue weighted by molar-refractivity contribution is 6.00. The summed E-state index contributed by atoms with van der Waals surface area (Å²) in [6.07, 6.45) is 1.51. The van der Waals surface area contributed by atoms with Crippen LogP contribution in [0.25, 0.3) is 0 Å². The third-order valence-corrected chi connectivity index (χ3v) is 2.88. The van der Waals surface area contributed by atoms with Gasteiger partial charge in [-0.05, 0) is 25.1 Å². The van der Waals surface area contributed by atoms with Crippen molar-refractivity contribution in [2.45, 2.75) is 6.92 Å². The predicted octanol–water partition coefficient (Wildman–Crippen LogP) is 3.01. The second kappa shape index (κ2) is 7.28. The molecule has 0 atom stereocenters. The van der Waals surface area contributed by atoms with Gasteiger partial charge in [0.1, 0.15) is 5.56 Å². The normalized spacial score (nSPS) is 9.92. The fourth-order valence-corrected chi connectivity index (χ4v) is 1.86. The van der Waals surface area contributed by atoms with E-state index in [1.807, 2.05) is 0 Å². The number of halogens is 2. The average Bonchev–Trinajstić information content (AvgIpc) is 2.57. The fraction of sp³-hybridized carbons (Fsp3) is 0.125. The molecule has 0 saturated carbocycles. The second-order valence-corrected chi connectivity index (χ2v) is 4.40. The average molecular weight is 332 g/mol. The number of nitrogens with zero attached hydrogens (tertiary/aromatic N) is 2. The number of pyridine rings is 1. The van der Waals surface area contributed by atoms with Crippen LogP contribution in [0, 0.1) is 23.0 Å². The molecule has 6 nitrogen and oxygen atoms in total. The lowest BCUT2D eigenvalue weighted by atomic mass is 10.1. The minimum atomic E-state index is -1.15. The van der Waals surface area contributed by atoms with Crippen LogP contribution >= 0.6 is 0 Å². The maximum atomic E-state index is 13.9. The molecule has 1 aromatic heterocycles. The summed E-state index contributed by atoms with van der Waals surface area (Å²) in [6, 6.07) is 4.37. The van der Waals surface area contributed by atoms with Crippen molar-refractivity contribution in [1.29, 1.82) is 5.26 Å². The number of ether oxygens (including phenoxy) is 2. The molecule has 0 spiro atoms. The predicted molar refractivity (Wildman–Crippen MR) is 76.7 cm³/mol. The van der Waals surface area contributed by atoms with Gasteiger partial charge in [0.25, 0.3) is 0 Å². The Morgan fingerprint density at radius 1 is 1.38 bits per heavy atom. The summed E-state index contributed by atoms with van der Waals surface area (Å²) >= 11 is 0. The second-order valence-electron chi connectivity index (χ2n) is 4.40. The van der Waals surface area contributed by atoms with Crippen molar-refractivity contribution in [3.63, 3.8) is 0 Å². The Hall–Kier alpha value is -3.34. The molecule has 0 radical (unpaired) electrons. The van der Waals surface area contributed by atoms with E-state index in [0.29, 0.717) is 6.29 Å². The molecule has 1 heterocycles. The Kier molecular flexibility index (Phi) is 5.16. The van der Waals surface area contributed by atoms with Crippen LogP contribution in [0.2, 0.25) is 0 Å². The summed E-state index contributed by atoms with van der Waals surface area (Å²) in [5.74, 6) is -4.56. The number of nitriles is 1. The lowest BCUT2D eigenvalue weighted by molar-refractivity contribution is 0.0520. The summed E-state index contributed by atoms with van der Waals surface area (Å²) in [6.45, 7) is 1.57. The van der Waals surface area contributed by atoms with Gasteiger partial charge in [0.05, 0.1) is 18.2 Å². The van der Waals surface area contributed by atoms with Crippen molar-refractivity contribution in [1.82, 2.24) is 4.98 Å². The lowest BCUT2D eigenvalue weighted by Gasteiger charge is -2.12. The topological polar surface area (TPSA) is 89.3 Å². The number of benzene rings is 1. The molecule has 0 aliphatic carbocycles. The first kappa shape index (κ1) is 17.0. The van der Waals surface area contributed by atoms with Gasteiger partial charge in [-0.15, -0.1) is 0 Å². The van der Waals surface area contributed by atoms with E-state index >= 15 is 0 Å². The molecule has 0 aliphatic rings. The first-order valence-corrected chi connectivity index (χ1v) is 6.70. The summed E-state index contributed by atoms with van der Waals surface area (Å²) in [7, 11) is 0. The summed E-state index contributed by atoms with van der Waals surface area (Å²) in [5, 5.41) is 8.67. The summed E-state index contributed by atoms with van der Waals surface area (Å²) in [4.78, 5) is 26.8. The van der Waals surface area contributed by atoms with Gasteiger partial charge in [-0.1, -0.05) is 0 Å². The number of aromatic nitrogens is 1. The Labute approximate surface area is 135 Å². The maximum Gasteiger partial charge on any atom is 0.344 e. The number of rotatable bonds is 5. The number of esters is 1. The van der Waals surface area contributed by atoms with Crippen LogP contribution in [0.5, 0.6) is 11.6 Å². The van der Waals surface area contributed by atoms with E-state index in [2.05, 4.69) is 4.98 Å². The fourth-order valence-electron chi connectivity index (χ4n) is 1.86. The van der Waals surface area contributed by atoms with Gasteiger partial charge in [-0.2, -0.15) is 5.26 Å². The molecule has 24 heavy (non-hydrogen) atoms. The third kappa shape index (κ3) is 3.35. The molecule has 0 unspecified atom stereocenters. The van der Waals surface area contributed by atoms with Crippen LogP contribution in [0.15, 0.2) is 24.4 Å². The van der Waals surface area contributed by atoms with Crippen LogP contribution in [0.3, 0.4) is 0 Å². The first-order chi connectivity index (χ1) is 11.5. The standard InChI is InChI=1S/C16H10F2N2O4/c1-2-23-16(22)13-10(8-21)3-4-20-15(13)24-14-11(17)5-9(7-19)6-12(14)18/h3-6,8H,2H2,1H3. The lowest BCUT2D eigenvalue weighted by Crippen LogP contribution is -2.11. The Morgan fingerprint density at radius 2 is 2.04 bits per heavy atom. The van der Waals surface area contributed by atoms with E-state index in [1.165, 1.54) is 6.07 Å². The van der Waals surface area contributed by atoms with Gasteiger partial charge in [0, 0.05) is 11.8 Å². The van der Waals surface area contributed by atoms with Gasteiger partial charge in [0.2, 0.25) is 11.6 Å². The van der Waals surface area contributed by atoms with Gasteiger partial charge >= 0.3 is 5.97 Å². The number of carbonyl (C=O) groups is 2. The molecule has 1 aromatic carbocycles. The summed E-state index contributed by atoms with van der Waals surface area (Å²) < 4.78 is 37.7. The monoisotopic (exact) mass is 332 g/mol. The zero-order valence-electron chi connectivity index (χ0n) is 12.4. The molecule has 0 aliphatic heterocycles. The molecule has 0 fully saturated rings. The number of aldehydes is 1. The highest BCUT2D eigenvalue weighted by Crippen LogP contribution is 2.30. The largest absolute Gasteiger partial charge is 0.462 e. The van der Waals surface area contributed by atoms with Crippen molar-refractivity contribution in [3.05, 3.63) is 52.7 Å². The molecule has 0 amide bonds. The molecule has 2 rings (SSSR count). The minimum absolute atomic E-state index is 0.0189. The van der Waals surface area contributed by atoms with E-state index in [0.717, 1.165) is 18.3 Å². The Morgan fingerprint density at radius 3 is 2.58 bits per heavy atom. The van der Waals surface area contributed by atoms with E-state index in [1.54, 1.807) is 13.0 Å². The third-order valence-electron chi connectivity index (χ3n) is 2.88. The number of hydrogen-bond donors (Lipinski definition) is 0. The van der Waals surface area contributed by atoms with E-state index in [9.17, 15) is 18.4 Å². The van der Waals surface area contributed by atoms with Crippen molar-refractivity contribution in [2.75, 3.05) is 6.61 Å². The summed E-state index contributed by atoms with van der Waals surface area (Å²) in [5.41, 5.74) is -0.692. The zero-order chi connectivity index (χ0) is 17.7. The molecule has 0 bridgehead atoms. The van der Waals surface area contributed by atoms with E-state index in [4.69, 9.17) is 14.7 Å². The smallest absolute Gasteiger partial charge is 0.344 e. The molecular weight excluding hydrogens is 322 g/mol. The van der Waals surface area contributed by atoms with E-state index in [-0.39, 0.29) is 23.3 Å². The Balaban J connectivity index is 2.53. The maximum absolute atomic E-state index is 13.9. The first-order valence-electron chi connectivity index (χ1n) is 6.70. The number of hydrogen-bond acceptors (Lipinski definition) is 6. The SMILES string of the molecule is CCOC(=O)c1c(C=O)ccnc1Oc1c(F)cc(C#N)cc1F. The molecule has 0 saturated heterocycles. The number of carbonyl (C=O) groups excluding carboxylic acids is 2. The van der Waals surface area contributed by atoms with Crippen molar-refractivity contribution in [2.24, 2.45) is 0 Å². The molecular formula is C16H10F2N2O4. The Bertz CT molecular complexity index is 823. The van der Waals surface area contributed by atoms with Crippen LogP contribution in [0.4, 0.5) is 8.78 Å². The minimum Gasteiger partial charge on any atom is -0.462 e. The van der Waals surface area contributed by atoms with Crippen LogP contribution < -0.4 is 4.74 Å². The highest BCUT2D eigenvalue weighted by Gasteiger charge is 2.23.